The minimum absolute atomic E-state index is 0.0935. The molecular formula is C19H18FN3. The second-order valence-corrected chi connectivity index (χ2v) is 5.57. The molecule has 1 aromatic heterocycles. The third-order valence-electron chi connectivity index (χ3n) is 4.15. The van der Waals surface area contributed by atoms with E-state index in [1.54, 1.807) is 12.3 Å². The van der Waals surface area contributed by atoms with E-state index >= 15 is 0 Å². The van der Waals surface area contributed by atoms with Crippen molar-refractivity contribution in [3.63, 3.8) is 0 Å². The lowest BCUT2D eigenvalue weighted by molar-refractivity contribution is 0.624. The maximum Gasteiger partial charge on any atom is 0.211 e. The Kier molecular flexibility index (Phi) is 4.40. The Bertz CT molecular complexity index is 846. The zero-order valence-electron chi connectivity index (χ0n) is 12.9. The Balaban J connectivity index is 2.12. The number of nitrogens with zero attached hydrogens (tertiary/aromatic N) is 1. The van der Waals surface area contributed by atoms with Gasteiger partial charge in [-0.1, -0.05) is 36.4 Å². The summed E-state index contributed by atoms with van der Waals surface area (Å²) >= 11 is 0. The molecule has 0 aliphatic heterocycles. The van der Waals surface area contributed by atoms with E-state index in [1.807, 2.05) is 31.3 Å². The molecule has 0 saturated heterocycles. The van der Waals surface area contributed by atoms with Gasteiger partial charge in [-0.3, -0.25) is 0 Å². The van der Waals surface area contributed by atoms with E-state index in [-0.39, 0.29) is 11.7 Å². The van der Waals surface area contributed by atoms with Crippen LogP contribution in [0.3, 0.4) is 0 Å². The molecule has 1 heterocycles. The number of rotatable bonds is 5. The van der Waals surface area contributed by atoms with Crippen LogP contribution in [0.5, 0.6) is 0 Å². The maximum atomic E-state index is 14.4. The highest BCUT2D eigenvalue weighted by molar-refractivity contribution is 5.93. The lowest BCUT2D eigenvalue weighted by atomic mass is 9.88. The van der Waals surface area contributed by atoms with Crippen LogP contribution in [0.4, 0.5) is 10.1 Å². The van der Waals surface area contributed by atoms with Crippen molar-refractivity contribution in [2.75, 3.05) is 13.6 Å². The zero-order valence-corrected chi connectivity index (χ0v) is 12.9. The van der Waals surface area contributed by atoms with Gasteiger partial charge in [-0.05, 0) is 37.2 Å². The minimum Gasteiger partial charge on any atom is -0.370 e. The molecule has 0 aliphatic rings. The summed E-state index contributed by atoms with van der Waals surface area (Å²) in [6, 6.07) is 13.6. The molecule has 2 N–H and O–H groups in total. The van der Waals surface area contributed by atoms with Crippen LogP contribution in [-0.4, -0.2) is 18.6 Å². The summed E-state index contributed by atoms with van der Waals surface area (Å²) in [5.41, 5.74) is 2.92. The molecule has 0 fully saturated rings. The number of hydrogen-bond donors (Lipinski definition) is 2. The molecular weight excluding hydrogens is 289 g/mol. The van der Waals surface area contributed by atoms with Crippen LogP contribution in [0.1, 0.15) is 23.5 Å². The van der Waals surface area contributed by atoms with Gasteiger partial charge in [0.25, 0.3) is 0 Å². The van der Waals surface area contributed by atoms with Crippen molar-refractivity contribution in [1.82, 2.24) is 10.3 Å². The van der Waals surface area contributed by atoms with E-state index in [4.69, 9.17) is 6.57 Å². The van der Waals surface area contributed by atoms with Gasteiger partial charge in [-0.15, -0.1) is 0 Å². The molecule has 0 saturated carbocycles. The van der Waals surface area contributed by atoms with Gasteiger partial charge in [0, 0.05) is 17.5 Å². The van der Waals surface area contributed by atoms with E-state index < -0.39 is 0 Å². The summed E-state index contributed by atoms with van der Waals surface area (Å²) in [4.78, 5) is 6.33. The first-order valence-corrected chi connectivity index (χ1v) is 7.62. The summed E-state index contributed by atoms with van der Waals surface area (Å²) < 4.78 is 14.4. The van der Waals surface area contributed by atoms with Gasteiger partial charge in [0.2, 0.25) is 5.69 Å². The second-order valence-electron chi connectivity index (χ2n) is 5.57. The molecule has 0 spiro atoms. The Hall–Kier alpha value is -2.64. The lowest BCUT2D eigenvalue weighted by Gasteiger charge is -2.18. The summed E-state index contributed by atoms with van der Waals surface area (Å²) in [7, 11) is 1.91. The van der Waals surface area contributed by atoms with Crippen LogP contribution in [-0.2, 0) is 0 Å². The SMILES string of the molecule is [C-]#[N+]c1c[nH]c2c(F)cc(C(CCNC)c3ccccc3)cc12. The number of nitrogens with one attached hydrogen (secondary N) is 2. The van der Waals surface area contributed by atoms with E-state index in [2.05, 4.69) is 27.3 Å². The molecule has 116 valence electrons. The standard InChI is InChI=1S/C19H18FN3/c1-21-9-8-15(13-6-4-3-5-7-13)14-10-16-18(22-2)12-23-19(16)17(20)11-14/h3-7,10-12,15,21,23H,8-9H2,1H3. The molecule has 1 unspecified atom stereocenters. The van der Waals surface area contributed by atoms with Crippen LogP contribution in [0.2, 0.25) is 0 Å². The molecule has 0 amide bonds. The van der Waals surface area contributed by atoms with E-state index in [0.717, 1.165) is 24.1 Å². The van der Waals surface area contributed by atoms with Gasteiger partial charge in [0.1, 0.15) is 5.82 Å². The second kappa shape index (κ2) is 6.64. The molecule has 2 aromatic carbocycles. The monoisotopic (exact) mass is 307 g/mol. The Morgan fingerprint density at radius 3 is 2.70 bits per heavy atom. The Morgan fingerprint density at radius 1 is 1.22 bits per heavy atom. The molecule has 0 radical (unpaired) electrons. The van der Waals surface area contributed by atoms with Crippen molar-refractivity contribution in [2.45, 2.75) is 12.3 Å². The molecule has 3 nitrogen and oxygen atoms in total. The molecule has 1 atom stereocenters. The largest absolute Gasteiger partial charge is 0.370 e. The van der Waals surface area contributed by atoms with Gasteiger partial charge < -0.3 is 10.3 Å². The first-order valence-electron chi connectivity index (χ1n) is 7.62. The quantitative estimate of drug-likeness (QED) is 0.663. The van der Waals surface area contributed by atoms with Crippen molar-refractivity contribution >= 4 is 16.6 Å². The van der Waals surface area contributed by atoms with E-state index in [9.17, 15) is 4.39 Å². The van der Waals surface area contributed by atoms with Gasteiger partial charge in [-0.2, -0.15) is 0 Å². The number of aromatic nitrogens is 1. The third kappa shape index (κ3) is 2.96. The lowest BCUT2D eigenvalue weighted by Crippen LogP contribution is -2.13. The number of halogens is 1. The van der Waals surface area contributed by atoms with Crippen molar-refractivity contribution in [3.8, 4) is 0 Å². The van der Waals surface area contributed by atoms with Crippen LogP contribution >= 0.6 is 0 Å². The molecule has 4 heteroatoms. The molecule has 0 aliphatic carbocycles. The molecule has 3 aromatic rings. The van der Waals surface area contributed by atoms with Gasteiger partial charge in [-0.25, -0.2) is 9.24 Å². The molecule has 3 rings (SSSR count). The highest BCUT2D eigenvalue weighted by Crippen LogP contribution is 2.34. The fraction of sp³-hybridized carbons (Fsp3) is 0.211. The fourth-order valence-corrected chi connectivity index (χ4v) is 2.99. The summed E-state index contributed by atoms with van der Waals surface area (Å²) in [6.45, 7) is 8.07. The normalized spacial score (nSPS) is 12.2. The number of H-pyrrole nitrogens is 1. The van der Waals surface area contributed by atoms with Crippen LogP contribution in [0, 0.1) is 12.4 Å². The van der Waals surface area contributed by atoms with Gasteiger partial charge >= 0.3 is 0 Å². The van der Waals surface area contributed by atoms with Gasteiger partial charge in [0.15, 0.2) is 0 Å². The fourth-order valence-electron chi connectivity index (χ4n) is 2.99. The predicted octanol–water partition coefficient (Wildman–Crippen LogP) is 4.60. The van der Waals surface area contributed by atoms with Crippen LogP contribution in [0.15, 0.2) is 48.7 Å². The maximum absolute atomic E-state index is 14.4. The highest BCUT2D eigenvalue weighted by atomic mass is 19.1. The number of hydrogen-bond acceptors (Lipinski definition) is 1. The summed E-state index contributed by atoms with van der Waals surface area (Å²) in [5.74, 6) is -0.214. The first kappa shape index (κ1) is 15.3. The van der Waals surface area contributed by atoms with Crippen molar-refractivity contribution in [1.29, 1.82) is 0 Å². The highest BCUT2D eigenvalue weighted by Gasteiger charge is 2.17. The average molecular weight is 307 g/mol. The minimum atomic E-state index is -0.308. The zero-order chi connectivity index (χ0) is 16.2. The molecule has 0 bridgehead atoms. The summed E-state index contributed by atoms with van der Waals surface area (Å²) in [6.07, 6.45) is 2.43. The third-order valence-corrected chi connectivity index (χ3v) is 4.15. The number of aromatic amines is 1. The topological polar surface area (TPSA) is 32.2 Å². The van der Waals surface area contributed by atoms with E-state index in [0.29, 0.717) is 16.6 Å². The average Bonchev–Trinajstić information content (AvgIpc) is 3.00. The van der Waals surface area contributed by atoms with Crippen molar-refractivity contribution in [3.05, 3.63) is 77.0 Å². The Labute approximate surface area is 135 Å². The number of fused-ring (bicyclic) bond motifs is 1. The Morgan fingerprint density at radius 2 is 2.00 bits per heavy atom. The molecule has 23 heavy (non-hydrogen) atoms. The van der Waals surface area contributed by atoms with Crippen molar-refractivity contribution in [2.24, 2.45) is 0 Å². The van der Waals surface area contributed by atoms with Crippen molar-refractivity contribution < 1.29 is 4.39 Å². The van der Waals surface area contributed by atoms with Gasteiger partial charge in [0.05, 0.1) is 12.1 Å². The summed E-state index contributed by atoms with van der Waals surface area (Å²) in [5, 5.41) is 3.81. The van der Waals surface area contributed by atoms with Crippen LogP contribution < -0.4 is 5.32 Å². The number of benzene rings is 2. The van der Waals surface area contributed by atoms with Crippen LogP contribution in [0.25, 0.3) is 15.7 Å². The smallest absolute Gasteiger partial charge is 0.211 e. The first-order chi connectivity index (χ1) is 11.2. The predicted molar refractivity (Wildman–Crippen MR) is 91.3 cm³/mol. The van der Waals surface area contributed by atoms with E-state index in [1.165, 1.54) is 0 Å².